The molecule has 108 valence electrons. The molecule has 0 spiro atoms. The van der Waals surface area contributed by atoms with Gasteiger partial charge in [0.2, 0.25) is 0 Å². The minimum absolute atomic E-state index is 0.162. The van der Waals surface area contributed by atoms with Gasteiger partial charge in [-0.3, -0.25) is 4.98 Å². The second kappa shape index (κ2) is 7.01. The maximum atomic E-state index is 10.6. The Balaban J connectivity index is 2.83. The van der Waals surface area contributed by atoms with Crippen LogP contribution in [0.15, 0.2) is 18.3 Å². The highest BCUT2D eigenvalue weighted by molar-refractivity contribution is 5.15. The highest BCUT2D eigenvalue weighted by atomic mass is 16.3. The lowest BCUT2D eigenvalue weighted by Crippen LogP contribution is -2.53. The van der Waals surface area contributed by atoms with Crippen molar-refractivity contribution in [1.29, 1.82) is 0 Å². The van der Waals surface area contributed by atoms with E-state index < -0.39 is 6.10 Å². The summed E-state index contributed by atoms with van der Waals surface area (Å²) in [7, 11) is 4.09. The molecule has 0 fully saturated rings. The molecule has 1 unspecified atom stereocenters. The molecule has 1 rings (SSSR count). The lowest BCUT2D eigenvalue weighted by atomic mass is 9.83. The Labute approximate surface area is 117 Å². The summed E-state index contributed by atoms with van der Waals surface area (Å²) in [5.41, 5.74) is 2.05. The summed E-state index contributed by atoms with van der Waals surface area (Å²) < 4.78 is 0. The Morgan fingerprint density at radius 3 is 2.21 bits per heavy atom. The minimum atomic E-state index is -0.391. The summed E-state index contributed by atoms with van der Waals surface area (Å²) in [5, 5.41) is 10.6. The van der Waals surface area contributed by atoms with Crippen molar-refractivity contribution in [2.75, 3.05) is 14.1 Å². The van der Waals surface area contributed by atoms with Gasteiger partial charge in [-0.05, 0) is 45.0 Å². The van der Waals surface area contributed by atoms with Gasteiger partial charge in [0.25, 0.3) is 0 Å². The zero-order chi connectivity index (χ0) is 14.5. The monoisotopic (exact) mass is 264 g/mol. The summed E-state index contributed by atoms with van der Waals surface area (Å²) in [6.45, 7) is 6.40. The molecule has 1 N–H and O–H groups in total. The largest absolute Gasteiger partial charge is 0.391 e. The van der Waals surface area contributed by atoms with Crippen molar-refractivity contribution >= 4 is 0 Å². The normalized spacial score (nSPS) is 13.8. The summed E-state index contributed by atoms with van der Waals surface area (Å²) in [4.78, 5) is 6.60. The molecule has 0 aliphatic carbocycles. The molecule has 1 atom stereocenters. The Kier molecular flexibility index (Phi) is 5.95. The second-order valence-electron chi connectivity index (χ2n) is 5.44. The zero-order valence-corrected chi connectivity index (χ0v) is 13.0. The van der Waals surface area contributed by atoms with Crippen molar-refractivity contribution in [2.24, 2.45) is 0 Å². The topological polar surface area (TPSA) is 36.4 Å². The first-order valence-electron chi connectivity index (χ1n) is 7.29. The first-order valence-corrected chi connectivity index (χ1v) is 7.29. The Morgan fingerprint density at radius 1 is 1.21 bits per heavy atom. The maximum Gasteiger partial charge on any atom is 0.0778 e. The van der Waals surface area contributed by atoms with Crippen LogP contribution in [-0.2, 0) is 12.8 Å². The van der Waals surface area contributed by atoms with Crippen LogP contribution in [0.4, 0.5) is 0 Å². The zero-order valence-electron chi connectivity index (χ0n) is 13.0. The van der Waals surface area contributed by atoms with E-state index in [1.54, 1.807) is 0 Å². The Hall–Kier alpha value is -0.930. The van der Waals surface area contributed by atoms with Gasteiger partial charge in [0.1, 0.15) is 0 Å². The van der Waals surface area contributed by atoms with Gasteiger partial charge >= 0.3 is 0 Å². The number of pyridine rings is 1. The lowest BCUT2D eigenvalue weighted by molar-refractivity contribution is -0.0130. The average molecular weight is 264 g/mol. The van der Waals surface area contributed by atoms with Crippen molar-refractivity contribution in [3.63, 3.8) is 0 Å². The predicted octanol–water partition coefficient (Wildman–Crippen LogP) is 2.67. The summed E-state index contributed by atoms with van der Waals surface area (Å²) in [5.74, 6) is 0. The van der Waals surface area contributed by atoms with Gasteiger partial charge in [-0.25, -0.2) is 0 Å². The van der Waals surface area contributed by atoms with Crippen LogP contribution in [0.1, 0.15) is 44.9 Å². The molecule has 1 heterocycles. The maximum absolute atomic E-state index is 10.6. The quantitative estimate of drug-likeness (QED) is 0.822. The molecule has 0 bridgehead atoms. The van der Waals surface area contributed by atoms with E-state index in [4.69, 9.17) is 0 Å². The first-order chi connectivity index (χ1) is 9.00. The fourth-order valence-electron chi connectivity index (χ4n) is 2.82. The van der Waals surface area contributed by atoms with Crippen LogP contribution < -0.4 is 0 Å². The molecule has 19 heavy (non-hydrogen) atoms. The van der Waals surface area contributed by atoms with Gasteiger partial charge in [-0.15, -0.1) is 0 Å². The van der Waals surface area contributed by atoms with E-state index in [1.165, 1.54) is 5.56 Å². The third kappa shape index (κ3) is 3.54. The van der Waals surface area contributed by atoms with Crippen molar-refractivity contribution in [3.8, 4) is 0 Å². The molecule has 3 heteroatoms. The van der Waals surface area contributed by atoms with Crippen molar-refractivity contribution in [2.45, 2.75) is 58.1 Å². The van der Waals surface area contributed by atoms with E-state index in [2.05, 4.69) is 36.7 Å². The van der Waals surface area contributed by atoms with Crippen LogP contribution in [0.3, 0.4) is 0 Å². The number of nitrogens with zero attached hydrogens (tertiary/aromatic N) is 2. The lowest BCUT2D eigenvalue weighted by Gasteiger charge is -2.42. The number of likely N-dealkylation sites (N-methyl/N-ethyl adjacent to an activating group) is 1. The number of aliphatic hydroxyl groups excluding tert-OH is 1. The Morgan fingerprint density at radius 2 is 1.84 bits per heavy atom. The van der Waals surface area contributed by atoms with Gasteiger partial charge in [-0.1, -0.05) is 26.8 Å². The van der Waals surface area contributed by atoms with Crippen LogP contribution in [0.2, 0.25) is 0 Å². The van der Waals surface area contributed by atoms with E-state index in [0.29, 0.717) is 6.42 Å². The molecule has 1 aromatic rings. The molecule has 0 radical (unpaired) electrons. The van der Waals surface area contributed by atoms with Crippen LogP contribution in [0.5, 0.6) is 0 Å². The van der Waals surface area contributed by atoms with Gasteiger partial charge < -0.3 is 10.0 Å². The number of hydrogen-bond acceptors (Lipinski definition) is 3. The smallest absolute Gasteiger partial charge is 0.0778 e. The molecule has 0 aliphatic heterocycles. The highest BCUT2D eigenvalue weighted by Gasteiger charge is 2.36. The second-order valence-corrected chi connectivity index (χ2v) is 5.44. The molecule has 0 saturated carbocycles. The molecular formula is C16H28N2O. The first kappa shape index (κ1) is 16.1. The van der Waals surface area contributed by atoms with Crippen molar-refractivity contribution in [1.82, 2.24) is 9.88 Å². The summed E-state index contributed by atoms with van der Waals surface area (Å²) in [6.07, 6.45) is 5.01. The standard InChI is InChI=1S/C16H28N2O/c1-6-13-9-10-14(17-12-13)11-15(19)16(7-2,8-3)18(4)5/h9-10,12,15,19H,6-8,11H2,1-5H3. The Bertz CT molecular complexity index is 369. The van der Waals surface area contributed by atoms with E-state index in [9.17, 15) is 5.11 Å². The number of aryl methyl sites for hydroxylation is 1. The molecule has 0 saturated heterocycles. The van der Waals surface area contributed by atoms with E-state index in [1.807, 2.05) is 26.4 Å². The number of aromatic nitrogens is 1. The predicted molar refractivity (Wildman–Crippen MR) is 80.3 cm³/mol. The van der Waals surface area contributed by atoms with E-state index in [0.717, 1.165) is 25.0 Å². The third-order valence-electron chi connectivity index (χ3n) is 4.43. The van der Waals surface area contributed by atoms with Gasteiger partial charge in [0.15, 0.2) is 0 Å². The summed E-state index contributed by atoms with van der Waals surface area (Å²) >= 11 is 0. The van der Waals surface area contributed by atoms with E-state index in [-0.39, 0.29) is 5.54 Å². The van der Waals surface area contributed by atoms with Crippen LogP contribution in [-0.4, -0.2) is 40.7 Å². The van der Waals surface area contributed by atoms with E-state index >= 15 is 0 Å². The molecule has 3 nitrogen and oxygen atoms in total. The molecule has 0 amide bonds. The average Bonchev–Trinajstić information content (AvgIpc) is 2.41. The van der Waals surface area contributed by atoms with Crippen LogP contribution in [0.25, 0.3) is 0 Å². The number of rotatable bonds is 7. The molecule has 0 aromatic carbocycles. The van der Waals surface area contributed by atoms with Crippen molar-refractivity contribution < 1.29 is 5.11 Å². The van der Waals surface area contributed by atoms with Crippen LogP contribution >= 0.6 is 0 Å². The SMILES string of the molecule is CCc1ccc(CC(O)C(CC)(CC)N(C)C)nc1. The number of hydrogen-bond donors (Lipinski definition) is 1. The van der Waals surface area contributed by atoms with Gasteiger partial charge in [0, 0.05) is 23.9 Å². The molecule has 1 aromatic heterocycles. The van der Waals surface area contributed by atoms with Gasteiger partial charge in [0.05, 0.1) is 6.10 Å². The third-order valence-corrected chi connectivity index (χ3v) is 4.43. The highest BCUT2D eigenvalue weighted by Crippen LogP contribution is 2.27. The van der Waals surface area contributed by atoms with Gasteiger partial charge in [-0.2, -0.15) is 0 Å². The minimum Gasteiger partial charge on any atom is -0.391 e. The number of aliphatic hydroxyl groups is 1. The van der Waals surface area contributed by atoms with Crippen LogP contribution in [0, 0.1) is 0 Å². The molecular weight excluding hydrogens is 236 g/mol. The summed E-state index contributed by atoms with van der Waals surface area (Å²) in [6, 6.07) is 4.14. The van der Waals surface area contributed by atoms with Crippen molar-refractivity contribution in [3.05, 3.63) is 29.6 Å². The molecule has 0 aliphatic rings. The fourth-order valence-corrected chi connectivity index (χ4v) is 2.82. The fraction of sp³-hybridized carbons (Fsp3) is 0.688.